The molecule has 44 heavy (non-hydrogen) atoms. The summed E-state index contributed by atoms with van der Waals surface area (Å²) in [5, 5.41) is 1.90. The fourth-order valence-electron chi connectivity index (χ4n) is 5.19. The summed E-state index contributed by atoms with van der Waals surface area (Å²) >= 11 is 0. The van der Waals surface area contributed by atoms with E-state index in [4.69, 9.17) is 9.73 Å². The van der Waals surface area contributed by atoms with E-state index in [1.54, 1.807) is 0 Å². The van der Waals surface area contributed by atoms with E-state index in [0.717, 1.165) is 51.8 Å². The summed E-state index contributed by atoms with van der Waals surface area (Å²) in [7, 11) is -1.57. The van der Waals surface area contributed by atoms with Gasteiger partial charge in [-0.05, 0) is 70.9 Å². The minimum Gasteiger partial charge on any atom is -0.475 e. The van der Waals surface area contributed by atoms with Crippen molar-refractivity contribution in [3.8, 4) is 11.1 Å². The second-order valence-corrected chi connectivity index (χ2v) is 12.3. The highest BCUT2D eigenvalue weighted by Gasteiger charge is 2.33. The minimum absolute atomic E-state index is 0.175. The van der Waals surface area contributed by atoms with Crippen LogP contribution in [0.2, 0.25) is 0 Å². The number of hydrogen-bond donors (Lipinski definition) is 0. The fourth-order valence-corrected chi connectivity index (χ4v) is 7.61. The smallest absolute Gasteiger partial charge is 0.416 e. The first kappa shape index (κ1) is 29.6. The summed E-state index contributed by atoms with van der Waals surface area (Å²) in [4.78, 5) is 4.86. The highest BCUT2D eigenvalue weighted by atomic mass is 31.1. The lowest BCUT2D eigenvalue weighted by atomic mass is 9.99. The molecule has 9 heteroatoms. The van der Waals surface area contributed by atoms with E-state index in [2.05, 4.69) is 0 Å². The van der Waals surface area contributed by atoms with Gasteiger partial charge in [-0.15, -0.1) is 0 Å². The second-order valence-electron chi connectivity index (χ2n) is 10.2. The van der Waals surface area contributed by atoms with Crippen molar-refractivity contribution in [1.82, 2.24) is 0 Å². The van der Waals surface area contributed by atoms with Crippen molar-refractivity contribution in [2.45, 2.75) is 18.4 Å². The highest BCUT2D eigenvalue weighted by Crippen LogP contribution is 2.40. The predicted octanol–water partition coefficient (Wildman–Crippen LogP) is 8.67. The standard InChI is InChI=1S/C35H24F6NOP/c36-34(37,38)24-14-18-26(19-15-24)44(27-20-16-25(17-21-27)35(39,40)41)32-13-7-6-11-29(32)28-10-4-5-12-30(28)33-42-31(22-43-33)23-8-2-1-3-9-23/h1-21,31H,22H2. The Bertz CT molecular complexity index is 1720. The maximum absolute atomic E-state index is 13.4. The van der Waals surface area contributed by atoms with Gasteiger partial charge in [0.15, 0.2) is 0 Å². The zero-order chi connectivity index (χ0) is 30.9. The van der Waals surface area contributed by atoms with Crippen LogP contribution in [0, 0.1) is 0 Å². The molecule has 1 aliphatic rings. The lowest BCUT2D eigenvalue weighted by Gasteiger charge is -2.24. The predicted molar refractivity (Wildman–Crippen MR) is 162 cm³/mol. The second kappa shape index (κ2) is 11.9. The molecule has 6 rings (SSSR count). The average molecular weight is 620 g/mol. The molecule has 1 atom stereocenters. The van der Waals surface area contributed by atoms with Gasteiger partial charge in [-0.1, -0.05) is 97.1 Å². The van der Waals surface area contributed by atoms with E-state index in [-0.39, 0.29) is 6.04 Å². The lowest BCUT2D eigenvalue weighted by Crippen LogP contribution is -2.23. The molecule has 0 fully saturated rings. The maximum atomic E-state index is 13.4. The molecule has 0 spiro atoms. The van der Waals surface area contributed by atoms with Crippen LogP contribution in [0.4, 0.5) is 26.3 Å². The molecule has 222 valence electrons. The van der Waals surface area contributed by atoms with Gasteiger partial charge in [0.25, 0.3) is 0 Å². The molecule has 0 amide bonds. The van der Waals surface area contributed by atoms with E-state index in [0.29, 0.717) is 23.1 Å². The highest BCUT2D eigenvalue weighted by molar-refractivity contribution is 7.80. The molecule has 0 saturated carbocycles. The third-order valence-corrected chi connectivity index (χ3v) is 9.83. The monoisotopic (exact) mass is 619 g/mol. The van der Waals surface area contributed by atoms with Crippen LogP contribution in [0.5, 0.6) is 0 Å². The molecule has 0 aliphatic carbocycles. The topological polar surface area (TPSA) is 21.6 Å². The number of nitrogens with zero attached hydrogens (tertiary/aromatic N) is 1. The van der Waals surface area contributed by atoms with E-state index >= 15 is 0 Å². The number of ether oxygens (including phenoxy) is 1. The van der Waals surface area contributed by atoms with Gasteiger partial charge in [0.05, 0.1) is 11.1 Å². The van der Waals surface area contributed by atoms with Gasteiger partial charge < -0.3 is 4.74 Å². The summed E-state index contributed by atoms with van der Waals surface area (Å²) in [6.45, 7) is 0.374. The number of hydrogen-bond acceptors (Lipinski definition) is 2. The fraction of sp³-hybridized carbons (Fsp3) is 0.114. The van der Waals surface area contributed by atoms with Crippen LogP contribution in [0.25, 0.3) is 11.1 Å². The van der Waals surface area contributed by atoms with Crippen molar-refractivity contribution in [2.24, 2.45) is 4.99 Å². The van der Waals surface area contributed by atoms with E-state index in [1.807, 2.05) is 78.9 Å². The zero-order valence-corrected chi connectivity index (χ0v) is 23.9. The van der Waals surface area contributed by atoms with E-state index < -0.39 is 31.4 Å². The Kier molecular flexibility index (Phi) is 8.04. The molecule has 1 unspecified atom stereocenters. The lowest BCUT2D eigenvalue weighted by molar-refractivity contribution is -0.138. The molecular formula is C35H24F6NOP. The van der Waals surface area contributed by atoms with Gasteiger partial charge in [-0.25, -0.2) is 4.99 Å². The first-order valence-electron chi connectivity index (χ1n) is 13.7. The summed E-state index contributed by atoms with van der Waals surface area (Å²) in [6, 6.07) is 34.3. The quantitative estimate of drug-likeness (QED) is 0.138. The molecule has 0 radical (unpaired) electrons. The molecule has 5 aromatic rings. The Morgan fingerprint density at radius 3 is 1.57 bits per heavy atom. The van der Waals surface area contributed by atoms with Gasteiger partial charge in [0.2, 0.25) is 5.90 Å². The molecule has 2 nitrogen and oxygen atoms in total. The Labute approximate surface area is 251 Å². The van der Waals surface area contributed by atoms with E-state index in [1.165, 1.54) is 24.3 Å². The van der Waals surface area contributed by atoms with Crippen LogP contribution >= 0.6 is 7.92 Å². The number of halogens is 6. The summed E-state index contributed by atoms with van der Waals surface area (Å²) < 4.78 is 86.5. The van der Waals surface area contributed by atoms with Crippen LogP contribution < -0.4 is 15.9 Å². The number of rotatable bonds is 6. The van der Waals surface area contributed by atoms with Crippen molar-refractivity contribution in [2.75, 3.05) is 6.61 Å². The van der Waals surface area contributed by atoms with Gasteiger partial charge in [0, 0.05) is 5.56 Å². The van der Waals surface area contributed by atoms with Gasteiger partial charge in [-0.3, -0.25) is 0 Å². The molecular weight excluding hydrogens is 595 g/mol. The van der Waals surface area contributed by atoms with Crippen LogP contribution in [-0.2, 0) is 17.1 Å². The van der Waals surface area contributed by atoms with Gasteiger partial charge in [-0.2, -0.15) is 26.3 Å². The average Bonchev–Trinajstić information content (AvgIpc) is 3.52. The first-order valence-corrected chi connectivity index (χ1v) is 15.0. The van der Waals surface area contributed by atoms with Crippen molar-refractivity contribution in [3.63, 3.8) is 0 Å². The van der Waals surface area contributed by atoms with Gasteiger partial charge >= 0.3 is 12.4 Å². The maximum Gasteiger partial charge on any atom is 0.416 e. The van der Waals surface area contributed by atoms with Crippen molar-refractivity contribution in [3.05, 3.63) is 150 Å². The zero-order valence-electron chi connectivity index (χ0n) is 23.0. The van der Waals surface area contributed by atoms with Gasteiger partial charge in [0.1, 0.15) is 12.6 Å². The van der Waals surface area contributed by atoms with Crippen molar-refractivity contribution >= 4 is 29.7 Å². The SMILES string of the molecule is FC(F)(F)c1ccc(P(c2ccc(C(F)(F)F)cc2)c2ccccc2-c2ccccc2C2=NC(c3ccccc3)CO2)cc1. The van der Waals surface area contributed by atoms with Crippen LogP contribution in [-0.4, -0.2) is 12.5 Å². The summed E-state index contributed by atoms with van der Waals surface area (Å²) in [6.07, 6.45) is -9.04. The molecule has 1 heterocycles. The van der Waals surface area contributed by atoms with Crippen LogP contribution in [0.1, 0.15) is 28.3 Å². The molecule has 0 saturated heterocycles. The molecule has 0 aromatic heterocycles. The van der Waals surface area contributed by atoms with Crippen LogP contribution in [0.15, 0.2) is 132 Å². The molecule has 0 bridgehead atoms. The normalized spacial score (nSPS) is 15.2. The molecule has 0 N–H and O–H groups in total. The largest absolute Gasteiger partial charge is 0.475 e. The number of benzene rings is 5. The van der Waals surface area contributed by atoms with Crippen LogP contribution in [0.3, 0.4) is 0 Å². The Hall–Kier alpha value is -4.42. The summed E-state index contributed by atoms with van der Waals surface area (Å²) in [5.41, 5.74) is 1.74. The van der Waals surface area contributed by atoms with E-state index in [9.17, 15) is 26.3 Å². The summed E-state index contributed by atoms with van der Waals surface area (Å²) in [5.74, 6) is 0.470. The Balaban J connectivity index is 1.48. The Morgan fingerprint density at radius 2 is 1.02 bits per heavy atom. The first-order chi connectivity index (χ1) is 21.1. The third kappa shape index (κ3) is 6.13. The number of alkyl halides is 6. The molecule has 5 aromatic carbocycles. The van der Waals surface area contributed by atoms with Crippen molar-refractivity contribution in [1.29, 1.82) is 0 Å². The minimum atomic E-state index is -4.52. The molecule has 1 aliphatic heterocycles. The van der Waals surface area contributed by atoms with Crippen molar-refractivity contribution < 1.29 is 31.1 Å². The number of aliphatic imine (C=N–C) groups is 1. The third-order valence-electron chi connectivity index (χ3n) is 7.33. The Morgan fingerprint density at radius 1 is 0.545 bits per heavy atom.